The average molecular weight is 278 g/mol. The summed E-state index contributed by atoms with van der Waals surface area (Å²) in [7, 11) is 0. The summed E-state index contributed by atoms with van der Waals surface area (Å²) in [5.41, 5.74) is 1.07. The molecule has 3 fully saturated rings. The lowest BCUT2D eigenvalue weighted by Crippen LogP contribution is -2.50. The minimum atomic E-state index is 0.527. The van der Waals surface area contributed by atoms with Gasteiger partial charge in [-0.2, -0.15) is 0 Å². The Morgan fingerprint density at radius 3 is 2.40 bits per heavy atom. The second-order valence-electron chi connectivity index (χ2n) is 8.52. The third-order valence-corrected chi connectivity index (χ3v) is 7.47. The second-order valence-corrected chi connectivity index (χ2v) is 8.52. The number of fused-ring (bicyclic) bond motifs is 2. The van der Waals surface area contributed by atoms with Crippen molar-refractivity contribution in [1.82, 2.24) is 10.2 Å². The van der Waals surface area contributed by atoms with Crippen molar-refractivity contribution in [3.05, 3.63) is 0 Å². The molecule has 0 aromatic carbocycles. The number of rotatable bonds is 4. The van der Waals surface area contributed by atoms with Crippen molar-refractivity contribution in [1.29, 1.82) is 0 Å². The van der Waals surface area contributed by atoms with E-state index in [1.807, 2.05) is 0 Å². The Bertz CT molecular complexity index is 345. The van der Waals surface area contributed by atoms with Gasteiger partial charge in [-0.25, -0.2) is 0 Å². The Labute approximate surface area is 125 Å². The van der Waals surface area contributed by atoms with Gasteiger partial charge in [0.15, 0.2) is 0 Å². The maximum absolute atomic E-state index is 3.96. The zero-order valence-electron chi connectivity index (χ0n) is 14.0. The van der Waals surface area contributed by atoms with Crippen LogP contribution in [0, 0.1) is 16.7 Å². The molecule has 4 unspecified atom stereocenters. The predicted octanol–water partition coefficient (Wildman–Crippen LogP) is 3.67. The van der Waals surface area contributed by atoms with Crippen LogP contribution in [0.25, 0.3) is 0 Å². The van der Waals surface area contributed by atoms with E-state index in [1.165, 1.54) is 58.2 Å². The Kier molecular flexibility index (Phi) is 3.92. The van der Waals surface area contributed by atoms with Crippen molar-refractivity contribution < 1.29 is 0 Å². The zero-order chi connectivity index (χ0) is 14.4. The zero-order valence-corrected chi connectivity index (χ0v) is 14.0. The van der Waals surface area contributed by atoms with E-state index in [2.05, 4.69) is 37.9 Å². The maximum atomic E-state index is 3.96. The van der Waals surface area contributed by atoms with Crippen molar-refractivity contribution in [2.75, 3.05) is 19.6 Å². The van der Waals surface area contributed by atoms with Crippen LogP contribution in [0.3, 0.4) is 0 Å². The monoisotopic (exact) mass is 278 g/mol. The summed E-state index contributed by atoms with van der Waals surface area (Å²) in [6.45, 7) is 13.8. The number of hydrogen-bond donors (Lipinski definition) is 1. The van der Waals surface area contributed by atoms with Gasteiger partial charge in [-0.05, 0) is 68.9 Å². The summed E-state index contributed by atoms with van der Waals surface area (Å²) >= 11 is 0. The predicted molar refractivity (Wildman–Crippen MR) is 85.9 cm³/mol. The van der Waals surface area contributed by atoms with Crippen LogP contribution in [0.5, 0.6) is 0 Å². The number of likely N-dealkylation sites (tertiary alicyclic amines) is 1. The number of piperidine rings is 1. The highest BCUT2D eigenvalue weighted by Gasteiger charge is 2.60. The lowest BCUT2D eigenvalue weighted by Gasteiger charge is -2.41. The molecule has 1 saturated heterocycles. The molecule has 2 saturated carbocycles. The van der Waals surface area contributed by atoms with Gasteiger partial charge in [-0.15, -0.1) is 0 Å². The lowest BCUT2D eigenvalue weighted by molar-refractivity contribution is 0.110. The molecule has 1 N–H and O–H groups in total. The fourth-order valence-corrected chi connectivity index (χ4v) is 5.31. The first-order valence-electron chi connectivity index (χ1n) is 8.92. The Morgan fingerprint density at radius 1 is 1.15 bits per heavy atom. The molecule has 3 aliphatic rings. The number of hydrogen-bond acceptors (Lipinski definition) is 2. The van der Waals surface area contributed by atoms with E-state index in [1.54, 1.807) is 0 Å². The molecule has 20 heavy (non-hydrogen) atoms. The van der Waals surface area contributed by atoms with Crippen LogP contribution in [-0.4, -0.2) is 36.6 Å². The lowest BCUT2D eigenvalue weighted by atomic mass is 9.69. The molecule has 0 aromatic rings. The van der Waals surface area contributed by atoms with Gasteiger partial charge < -0.3 is 5.32 Å². The molecule has 0 aromatic heterocycles. The van der Waals surface area contributed by atoms with Gasteiger partial charge in [0.1, 0.15) is 0 Å². The molecule has 1 aliphatic heterocycles. The Morgan fingerprint density at radius 2 is 1.85 bits per heavy atom. The maximum Gasteiger partial charge on any atom is 0.0192 e. The Hall–Kier alpha value is -0.0800. The van der Waals surface area contributed by atoms with E-state index in [4.69, 9.17) is 0 Å². The molecule has 2 aliphatic carbocycles. The summed E-state index contributed by atoms with van der Waals surface area (Å²) in [6, 6.07) is 1.46. The van der Waals surface area contributed by atoms with Crippen molar-refractivity contribution in [2.24, 2.45) is 16.7 Å². The van der Waals surface area contributed by atoms with Gasteiger partial charge >= 0.3 is 0 Å². The quantitative estimate of drug-likeness (QED) is 0.844. The van der Waals surface area contributed by atoms with Gasteiger partial charge in [0.25, 0.3) is 0 Å². The molecule has 2 nitrogen and oxygen atoms in total. The van der Waals surface area contributed by atoms with Crippen LogP contribution in [0.4, 0.5) is 0 Å². The summed E-state index contributed by atoms with van der Waals surface area (Å²) in [6.07, 6.45) is 8.55. The van der Waals surface area contributed by atoms with Gasteiger partial charge in [0, 0.05) is 18.6 Å². The SMILES string of the molecule is CC(CNC1CC2CCC1(C)C2(C)C)N1CCCCC1. The first-order chi connectivity index (χ1) is 9.45. The smallest absolute Gasteiger partial charge is 0.0192 e. The van der Waals surface area contributed by atoms with E-state index in [0.29, 0.717) is 16.9 Å². The van der Waals surface area contributed by atoms with Crippen LogP contribution >= 0.6 is 0 Å². The first kappa shape index (κ1) is 14.8. The van der Waals surface area contributed by atoms with Gasteiger partial charge in [-0.1, -0.05) is 27.2 Å². The molecule has 0 amide bonds. The van der Waals surface area contributed by atoms with Crippen LogP contribution in [0.2, 0.25) is 0 Å². The molecule has 2 heteroatoms. The van der Waals surface area contributed by atoms with Gasteiger partial charge in [0.2, 0.25) is 0 Å². The van der Waals surface area contributed by atoms with Crippen LogP contribution < -0.4 is 5.32 Å². The highest BCUT2D eigenvalue weighted by Crippen LogP contribution is 2.65. The van der Waals surface area contributed by atoms with Crippen molar-refractivity contribution in [3.8, 4) is 0 Å². The van der Waals surface area contributed by atoms with Crippen molar-refractivity contribution in [3.63, 3.8) is 0 Å². The van der Waals surface area contributed by atoms with E-state index >= 15 is 0 Å². The highest BCUT2D eigenvalue weighted by atomic mass is 15.2. The fraction of sp³-hybridized carbons (Fsp3) is 1.00. The third kappa shape index (κ3) is 2.23. The van der Waals surface area contributed by atoms with E-state index < -0.39 is 0 Å². The summed E-state index contributed by atoms with van der Waals surface area (Å²) in [5, 5.41) is 3.96. The normalized spacial score (nSPS) is 42.0. The van der Waals surface area contributed by atoms with Gasteiger partial charge in [0.05, 0.1) is 0 Å². The van der Waals surface area contributed by atoms with Crippen molar-refractivity contribution >= 4 is 0 Å². The van der Waals surface area contributed by atoms with E-state index in [-0.39, 0.29) is 0 Å². The summed E-state index contributed by atoms with van der Waals surface area (Å²) in [5.74, 6) is 0.954. The van der Waals surface area contributed by atoms with Crippen molar-refractivity contribution in [2.45, 2.75) is 78.3 Å². The standard InChI is InChI=1S/C18H34N2/c1-14(20-10-6-5-7-11-20)13-19-16-12-15-8-9-18(16,4)17(15,2)3/h14-16,19H,5-13H2,1-4H3. The summed E-state index contributed by atoms with van der Waals surface area (Å²) < 4.78 is 0. The molecular weight excluding hydrogens is 244 g/mol. The number of nitrogens with zero attached hydrogens (tertiary/aromatic N) is 1. The average Bonchev–Trinajstić information content (AvgIpc) is 2.78. The molecule has 0 radical (unpaired) electrons. The second kappa shape index (κ2) is 5.28. The molecule has 2 bridgehead atoms. The molecule has 3 rings (SSSR count). The van der Waals surface area contributed by atoms with E-state index in [0.717, 1.165) is 12.0 Å². The molecule has 116 valence electrons. The topological polar surface area (TPSA) is 15.3 Å². The number of nitrogens with one attached hydrogen (secondary N) is 1. The minimum absolute atomic E-state index is 0.527. The van der Waals surface area contributed by atoms with E-state index in [9.17, 15) is 0 Å². The van der Waals surface area contributed by atoms with Crippen LogP contribution in [0.15, 0.2) is 0 Å². The fourth-order valence-electron chi connectivity index (χ4n) is 5.31. The third-order valence-electron chi connectivity index (χ3n) is 7.47. The largest absolute Gasteiger partial charge is 0.312 e. The summed E-state index contributed by atoms with van der Waals surface area (Å²) in [4.78, 5) is 2.69. The molecular formula is C18H34N2. The van der Waals surface area contributed by atoms with Crippen LogP contribution in [-0.2, 0) is 0 Å². The molecule has 4 atom stereocenters. The minimum Gasteiger partial charge on any atom is -0.312 e. The Balaban J connectivity index is 1.54. The van der Waals surface area contributed by atoms with Crippen LogP contribution in [0.1, 0.15) is 66.2 Å². The molecule has 0 spiro atoms. The first-order valence-corrected chi connectivity index (χ1v) is 8.92. The van der Waals surface area contributed by atoms with Gasteiger partial charge in [-0.3, -0.25) is 4.90 Å². The highest BCUT2D eigenvalue weighted by molar-refractivity contribution is 5.13. The molecule has 1 heterocycles.